The second kappa shape index (κ2) is 6.17. The molecule has 1 aromatic heterocycles. The van der Waals surface area contributed by atoms with E-state index in [1.807, 2.05) is 0 Å². The fraction of sp³-hybridized carbons (Fsp3) is 0.571. The third kappa shape index (κ3) is 3.12. The van der Waals surface area contributed by atoms with E-state index >= 15 is 0 Å². The number of rotatable bonds is 4. The summed E-state index contributed by atoms with van der Waals surface area (Å²) >= 11 is 6.05. The van der Waals surface area contributed by atoms with E-state index in [2.05, 4.69) is 15.2 Å². The van der Waals surface area contributed by atoms with E-state index in [1.54, 1.807) is 0 Å². The average Bonchev–Trinajstić information content (AvgIpc) is 2.93. The lowest BCUT2D eigenvalue weighted by molar-refractivity contribution is -0.0416. The summed E-state index contributed by atoms with van der Waals surface area (Å²) in [4.78, 5) is 17.6. The maximum atomic E-state index is 11.0. The molecule has 2 unspecified atom stereocenters. The highest BCUT2D eigenvalue weighted by Gasteiger charge is 2.32. The van der Waals surface area contributed by atoms with Crippen molar-refractivity contribution in [1.82, 2.24) is 9.88 Å². The molecule has 2 N–H and O–H groups in total. The van der Waals surface area contributed by atoms with Gasteiger partial charge in [0.05, 0.1) is 23.3 Å². The Balaban J connectivity index is 1.60. The van der Waals surface area contributed by atoms with Crippen molar-refractivity contribution in [2.75, 3.05) is 31.6 Å². The van der Waals surface area contributed by atoms with Crippen molar-refractivity contribution in [2.45, 2.75) is 25.0 Å². The summed E-state index contributed by atoms with van der Waals surface area (Å²) in [6.07, 6.45) is 3.97. The maximum Gasteiger partial charge on any atom is 0.337 e. The van der Waals surface area contributed by atoms with Crippen LogP contribution >= 0.6 is 11.6 Å². The second-order valence-electron chi connectivity index (χ2n) is 5.45. The molecule has 0 radical (unpaired) electrons. The number of nitrogens with zero attached hydrogens (tertiary/aromatic N) is 2. The predicted molar refractivity (Wildman–Crippen MR) is 79.0 cm³/mol. The third-order valence-electron chi connectivity index (χ3n) is 4.08. The van der Waals surface area contributed by atoms with E-state index in [9.17, 15) is 4.79 Å². The number of halogens is 1. The van der Waals surface area contributed by atoms with Crippen LogP contribution < -0.4 is 5.32 Å². The van der Waals surface area contributed by atoms with Gasteiger partial charge < -0.3 is 15.2 Å². The summed E-state index contributed by atoms with van der Waals surface area (Å²) in [6, 6.07) is 1.96. The van der Waals surface area contributed by atoms with Gasteiger partial charge in [0.15, 0.2) is 0 Å². The number of ether oxygens (including phenoxy) is 1. The summed E-state index contributed by atoms with van der Waals surface area (Å²) < 4.78 is 5.84. The van der Waals surface area contributed by atoms with Crippen LogP contribution in [0.5, 0.6) is 0 Å². The van der Waals surface area contributed by atoms with Crippen LogP contribution in [0, 0.1) is 0 Å². The molecular formula is C14H18ClN3O3. The Morgan fingerprint density at radius 3 is 3.29 bits per heavy atom. The number of carbonyl (C=O) groups is 1. The van der Waals surface area contributed by atoms with Crippen LogP contribution in [0.1, 0.15) is 23.2 Å². The molecule has 0 bridgehead atoms. The van der Waals surface area contributed by atoms with E-state index < -0.39 is 5.97 Å². The van der Waals surface area contributed by atoms with Gasteiger partial charge in [-0.3, -0.25) is 4.90 Å². The number of morpholine rings is 1. The fourth-order valence-electron chi connectivity index (χ4n) is 2.95. The van der Waals surface area contributed by atoms with Crippen molar-refractivity contribution in [3.8, 4) is 0 Å². The van der Waals surface area contributed by atoms with Gasteiger partial charge in [0, 0.05) is 25.3 Å². The molecule has 21 heavy (non-hydrogen) atoms. The Morgan fingerprint density at radius 1 is 1.62 bits per heavy atom. The lowest BCUT2D eigenvalue weighted by Gasteiger charge is -2.35. The number of aromatic nitrogens is 1. The minimum absolute atomic E-state index is 0.0540. The standard InChI is InChI=1S/C14H18ClN3O3/c15-12-11(14(19)20)3-4-16-13(12)17-6-10-7-18-5-1-2-9(18)8-21-10/h3-4,9-10H,1-2,5-8H2,(H,16,17)(H,19,20). The van der Waals surface area contributed by atoms with Crippen LogP contribution in [0.4, 0.5) is 5.82 Å². The topological polar surface area (TPSA) is 74.7 Å². The minimum atomic E-state index is -1.06. The summed E-state index contributed by atoms with van der Waals surface area (Å²) in [5, 5.41) is 12.3. The lowest BCUT2D eigenvalue weighted by Crippen LogP contribution is -2.48. The third-order valence-corrected chi connectivity index (χ3v) is 4.46. The molecule has 2 aliphatic heterocycles. The van der Waals surface area contributed by atoms with Gasteiger partial charge in [0.2, 0.25) is 0 Å². The number of hydrogen-bond acceptors (Lipinski definition) is 5. The monoisotopic (exact) mass is 311 g/mol. The molecule has 2 saturated heterocycles. The molecular weight excluding hydrogens is 294 g/mol. The largest absolute Gasteiger partial charge is 0.478 e. The van der Waals surface area contributed by atoms with Gasteiger partial charge in [-0.2, -0.15) is 0 Å². The lowest BCUT2D eigenvalue weighted by atomic mass is 10.2. The van der Waals surface area contributed by atoms with Crippen molar-refractivity contribution >= 4 is 23.4 Å². The van der Waals surface area contributed by atoms with E-state index in [1.165, 1.54) is 25.1 Å². The molecule has 114 valence electrons. The molecule has 7 heteroatoms. The number of pyridine rings is 1. The average molecular weight is 312 g/mol. The number of aromatic carboxylic acids is 1. The van der Waals surface area contributed by atoms with Crippen LogP contribution in [-0.4, -0.2) is 59.3 Å². The van der Waals surface area contributed by atoms with E-state index in [4.69, 9.17) is 21.4 Å². The molecule has 2 atom stereocenters. The van der Waals surface area contributed by atoms with E-state index in [0.29, 0.717) is 18.4 Å². The first-order valence-corrected chi connectivity index (χ1v) is 7.50. The van der Waals surface area contributed by atoms with Gasteiger partial charge in [0.1, 0.15) is 5.82 Å². The molecule has 0 aromatic carbocycles. The fourth-order valence-corrected chi connectivity index (χ4v) is 3.21. The summed E-state index contributed by atoms with van der Waals surface area (Å²) in [5.41, 5.74) is 0.0540. The molecule has 3 heterocycles. The number of fused-ring (bicyclic) bond motifs is 1. The number of anilines is 1. The van der Waals surface area contributed by atoms with Gasteiger partial charge in [-0.05, 0) is 25.5 Å². The first-order chi connectivity index (χ1) is 10.1. The van der Waals surface area contributed by atoms with Gasteiger partial charge in [0.25, 0.3) is 0 Å². The first kappa shape index (κ1) is 14.6. The van der Waals surface area contributed by atoms with Gasteiger partial charge >= 0.3 is 5.97 Å². The van der Waals surface area contributed by atoms with Crippen LogP contribution in [-0.2, 0) is 4.74 Å². The summed E-state index contributed by atoms with van der Waals surface area (Å²) in [7, 11) is 0. The number of hydrogen-bond donors (Lipinski definition) is 2. The van der Waals surface area contributed by atoms with Crippen molar-refractivity contribution < 1.29 is 14.6 Å². The minimum Gasteiger partial charge on any atom is -0.478 e. The predicted octanol–water partition coefficient (Wildman–Crippen LogP) is 1.71. The molecule has 2 fully saturated rings. The van der Waals surface area contributed by atoms with Gasteiger partial charge in [-0.15, -0.1) is 0 Å². The number of carboxylic acids is 1. The zero-order chi connectivity index (χ0) is 14.8. The summed E-state index contributed by atoms with van der Waals surface area (Å²) in [5.74, 6) is -0.664. The zero-order valence-corrected chi connectivity index (χ0v) is 12.3. The van der Waals surface area contributed by atoms with Crippen molar-refractivity contribution in [1.29, 1.82) is 0 Å². The van der Waals surface area contributed by atoms with Crippen LogP contribution in [0.3, 0.4) is 0 Å². The molecule has 0 spiro atoms. The molecule has 1 aromatic rings. The highest BCUT2D eigenvalue weighted by molar-refractivity contribution is 6.35. The Labute approximate surface area is 128 Å². The van der Waals surface area contributed by atoms with Crippen molar-refractivity contribution in [3.63, 3.8) is 0 Å². The molecule has 6 nitrogen and oxygen atoms in total. The Kier molecular flexibility index (Phi) is 4.28. The number of carboxylic acid groups (broad SMARTS) is 1. The molecule has 3 rings (SSSR count). The Morgan fingerprint density at radius 2 is 2.48 bits per heavy atom. The smallest absolute Gasteiger partial charge is 0.337 e. The SMILES string of the molecule is O=C(O)c1ccnc(NCC2CN3CCCC3CO2)c1Cl. The Bertz CT molecular complexity index is 540. The van der Waals surface area contributed by atoms with E-state index in [-0.39, 0.29) is 16.7 Å². The molecule has 2 aliphatic rings. The van der Waals surface area contributed by atoms with Crippen molar-refractivity contribution in [2.24, 2.45) is 0 Å². The Hall–Kier alpha value is -1.37. The van der Waals surface area contributed by atoms with Crippen molar-refractivity contribution in [3.05, 3.63) is 22.8 Å². The maximum absolute atomic E-state index is 11.0. The van der Waals surface area contributed by atoms with Crippen LogP contribution in [0.15, 0.2) is 12.3 Å². The van der Waals surface area contributed by atoms with Crippen LogP contribution in [0.2, 0.25) is 5.02 Å². The van der Waals surface area contributed by atoms with E-state index in [0.717, 1.165) is 19.7 Å². The molecule has 0 amide bonds. The normalized spacial score (nSPS) is 25.6. The highest BCUT2D eigenvalue weighted by atomic mass is 35.5. The molecule has 0 aliphatic carbocycles. The first-order valence-electron chi connectivity index (χ1n) is 7.12. The summed E-state index contributed by atoms with van der Waals surface area (Å²) in [6.45, 7) is 3.37. The molecule has 0 saturated carbocycles. The van der Waals surface area contributed by atoms with Crippen LogP contribution in [0.25, 0.3) is 0 Å². The van der Waals surface area contributed by atoms with Gasteiger partial charge in [-0.25, -0.2) is 9.78 Å². The quantitative estimate of drug-likeness (QED) is 0.882. The van der Waals surface area contributed by atoms with Gasteiger partial charge in [-0.1, -0.05) is 11.6 Å². The highest BCUT2D eigenvalue weighted by Crippen LogP contribution is 2.25. The zero-order valence-electron chi connectivity index (χ0n) is 11.6. The second-order valence-corrected chi connectivity index (χ2v) is 5.83. The number of nitrogens with one attached hydrogen (secondary N) is 1.